The average Bonchev–Trinajstić information content (AvgIpc) is 1.85. The summed E-state index contributed by atoms with van der Waals surface area (Å²) < 4.78 is 0. The van der Waals surface area contributed by atoms with E-state index in [0.717, 1.165) is 6.08 Å². The molecule has 1 amide bonds. The van der Waals surface area contributed by atoms with Gasteiger partial charge in [0, 0.05) is 0 Å². The molecule has 4 nitrogen and oxygen atoms in total. The molecule has 0 fully saturated rings. The van der Waals surface area contributed by atoms with E-state index in [9.17, 15) is 9.59 Å². The Hall–Kier alpha value is -1.32. The van der Waals surface area contributed by atoms with Gasteiger partial charge in [0.2, 0.25) is 5.91 Å². The molecule has 0 aliphatic rings. The Labute approximate surface area is 58.3 Å². The van der Waals surface area contributed by atoms with E-state index >= 15 is 0 Å². The third kappa shape index (κ3) is 1.15. The number of nitrogens with two attached hydrogens (primary N) is 1. The summed E-state index contributed by atoms with van der Waals surface area (Å²) in [5, 5.41) is 8.43. The Morgan fingerprint density at radius 3 is 2.10 bits per heavy atom. The maximum absolute atomic E-state index is 10.5. The molecule has 4 heteroatoms. The molecule has 0 heterocycles. The van der Waals surface area contributed by atoms with Crippen LogP contribution in [0.1, 0.15) is 6.92 Å². The molecule has 0 aliphatic carbocycles. The summed E-state index contributed by atoms with van der Waals surface area (Å²) in [6.45, 7) is 4.39. The van der Waals surface area contributed by atoms with Crippen molar-refractivity contribution in [3.05, 3.63) is 12.7 Å². The van der Waals surface area contributed by atoms with Crippen LogP contribution in [0.25, 0.3) is 0 Å². The van der Waals surface area contributed by atoms with E-state index in [1.165, 1.54) is 6.92 Å². The smallest absolute Gasteiger partial charge is 0.322 e. The second-order valence-electron chi connectivity index (χ2n) is 2.08. The summed E-state index contributed by atoms with van der Waals surface area (Å²) in [6, 6.07) is 0. The fourth-order valence-corrected chi connectivity index (χ4v) is 0.293. The number of carboxylic acids is 1. The van der Waals surface area contributed by atoms with E-state index in [1.54, 1.807) is 0 Å². The molecule has 0 aromatic heterocycles. The van der Waals surface area contributed by atoms with Gasteiger partial charge in [0.25, 0.3) is 0 Å². The lowest BCUT2D eigenvalue weighted by molar-refractivity contribution is -0.150. The predicted molar refractivity (Wildman–Crippen MR) is 35.1 cm³/mol. The van der Waals surface area contributed by atoms with Crippen LogP contribution >= 0.6 is 0 Å². The Morgan fingerprint density at radius 1 is 1.70 bits per heavy atom. The highest BCUT2D eigenvalue weighted by Crippen LogP contribution is 2.16. The van der Waals surface area contributed by atoms with E-state index in [4.69, 9.17) is 10.8 Å². The number of hydrogen-bond donors (Lipinski definition) is 2. The summed E-state index contributed by atoms with van der Waals surface area (Å²) in [6.07, 6.45) is 1.01. The predicted octanol–water partition coefficient (Wildman–Crippen LogP) is -0.251. The topological polar surface area (TPSA) is 80.4 Å². The normalized spacial score (nSPS) is 15.3. The molecule has 0 saturated carbocycles. The van der Waals surface area contributed by atoms with Crippen LogP contribution in [0.3, 0.4) is 0 Å². The number of rotatable bonds is 3. The summed E-state index contributed by atoms with van der Waals surface area (Å²) in [4.78, 5) is 20.8. The molecule has 56 valence electrons. The van der Waals surface area contributed by atoms with Gasteiger partial charge in [0.1, 0.15) is 0 Å². The molecular weight excluding hydrogens is 134 g/mol. The molecule has 1 atom stereocenters. The molecule has 3 N–H and O–H groups in total. The molecule has 0 saturated heterocycles. The minimum absolute atomic E-state index is 0.907. The molecule has 0 rings (SSSR count). The molecular formula is C6H9NO3. The van der Waals surface area contributed by atoms with Crippen molar-refractivity contribution in [3.8, 4) is 0 Å². The van der Waals surface area contributed by atoms with Crippen molar-refractivity contribution in [2.45, 2.75) is 6.92 Å². The van der Waals surface area contributed by atoms with Crippen molar-refractivity contribution in [2.24, 2.45) is 11.1 Å². The highest BCUT2D eigenvalue weighted by molar-refractivity contribution is 6.02. The van der Waals surface area contributed by atoms with Gasteiger partial charge in [-0.3, -0.25) is 9.59 Å². The van der Waals surface area contributed by atoms with Gasteiger partial charge in [-0.25, -0.2) is 0 Å². The fourth-order valence-electron chi connectivity index (χ4n) is 0.293. The van der Waals surface area contributed by atoms with Gasteiger partial charge in [-0.15, -0.1) is 6.58 Å². The minimum atomic E-state index is -1.64. The lowest BCUT2D eigenvalue weighted by Crippen LogP contribution is -2.39. The fraction of sp³-hybridized carbons (Fsp3) is 0.333. The summed E-state index contributed by atoms with van der Waals surface area (Å²) in [5.74, 6) is -2.19. The minimum Gasteiger partial charge on any atom is -0.480 e. The number of carboxylic acid groups (broad SMARTS) is 1. The average molecular weight is 143 g/mol. The first kappa shape index (κ1) is 8.68. The Balaban J connectivity index is 4.72. The maximum atomic E-state index is 10.5. The van der Waals surface area contributed by atoms with Gasteiger partial charge in [-0.1, -0.05) is 6.08 Å². The van der Waals surface area contributed by atoms with Crippen molar-refractivity contribution in [3.63, 3.8) is 0 Å². The van der Waals surface area contributed by atoms with Crippen LogP contribution in [0.4, 0.5) is 0 Å². The summed E-state index contributed by atoms with van der Waals surface area (Å²) >= 11 is 0. The van der Waals surface area contributed by atoms with Crippen LogP contribution in [-0.2, 0) is 9.59 Å². The van der Waals surface area contributed by atoms with Gasteiger partial charge >= 0.3 is 5.97 Å². The molecule has 0 bridgehead atoms. The summed E-state index contributed by atoms with van der Waals surface area (Å²) in [7, 11) is 0. The van der Waals surface area contributed by atoms with Crippen LogP contribution in [-0.4, -0.2) is 17.0 Å². The zero-order valence-electron chi connectivity index (χ0n) is 5.63. The largest absolute Gasteiger partial charge is 0.480 e. The Bertz CT molecular complexity index is 171. The number of hydrogen-bond acceptors (Lipinski definition) is 2. The van der Waals surface area contributed by atoms with Crippen molar-refractivity contribution in [1.29, 1.82) is 0 Å². The standard InChI is InChI=1S/C6H9NO3/c1-3-6(2,4(7)8)5(9)10/h3H,1H2,2H3,(H2,7,8)(H,9,10). The van der Waals surface area contributed by atoms with Gasteiger partial charge in [0.05, 0.1) is 0 Å². The van der Waals surface area contributed by atoms with E-state index < -0.39 is 17.3 Å². The van der Waals surface area contributed by atoms with Gasteiger partial charge < -0.3 is 10.8 Å². The summed E-state index contributed by atoms with van der Waals surface area (Å²) in [5.41, 5.74) is 3.15. The van der Waals surface area contributed by atoms with Crippen molar-refractivity contribution in [1.82, 2.24) is 0 Å². The van der Waals surface area contributed by atoms with Crippen molar-refractivity contribution in [2.75, 3.05) is 0 Å². The molecule has 0 aliphatic heterocycles. The van der Waals surface area contributed by atoms with E-state index in [-0.39, 0.29) is 0 Å². The van der Waals surface area contributed by atoms with Gasteiger partial charge in [0.15, 0.2) is 5.41 Å². The van der Waals surface area contributed by atoms with Crippen molar-refractivity contribution < 1.29 is 14.7 Å². The number of aliphatic carboxylic acids is 1. The van der Waals surface area contributed by atoms with E-state index in [0.29, 0.717) is 0 Å². The molecule has 10 heavy (non-hydrogen) atoms. The lowest BCUT2D eigenvalue weighted by Gasteiger charge is -2.14. The van der Waals surface area contributed by atoms with Gasteiger partial charge in [-0.05, 0) is 6.92 Å². The second-order valence-corrected chi connectivity index (χ2v) is 2.08. The number of amides is 1. The Morgan fingerprint density at radius 2 is 2.10 bits per heavy atom. The van der Waals surface area contributed by atoms with Crippen LogP contribution in [0, 0.1) is 5.41 Å². The van der Waals surface area contributed by atoms with E-state index in [2.05, 4.69) is 6.58 Å². The van der Waals surface area contributed by atoms with Crippen LogP contribution < -0.4 is 5.73 Å². The maximum Gasteiger partial charge on any atom is 0.322 e. The number of carbonyl (C=O) groups is 2. The first-order valence-corrected chi connectivity index (χ1v) is 2.62. The zero-order chi connectivity index (χ0) is 8.36. The lowest BCUT2D eigenvalue weighted by atomic mass is 9.90. The third-order valence-corrected chi connectivity index (χ3v) is 1.36. The monoisotopic (exact) mass is 143 g/mol. The van der Waals surface area contributed by atoms with Gasteiger partial charge in [-0.2, -0.15) is 0 Å². The molecule has 0 aromatic rings. The van der Waals surface area contributed by atoms with Crippen LogP contribution in [0.2, 0.25) is 0 Å². The molecule has 0 aromatic carbocycles. The Kier molecular flexibility index (Phi) is 2.18. The van der Waals surface area contributed by atoms with Crippen molar-refractivity contribution >= 4 is 11.9 Å². The highest BCUT2D eigenvalue weighted by atomic mass is 16.4. The molecule has 0 spiro atoms. The van der Waals surface area contributed by atoms with E-state index in [1.807, 2.05) is 0 Å². The first-order valence-electron chi connectivity index (χ1n) is 2.62. The zero-order valence-corrected chi connectivity index (χ0v) is 5.63. The quantitative estimate of drug-likeness (QED) is 0.422. The highest BCUT2D eigenvalue weighted by Gasteiger charge is 2.35. The first-order chi connectivity index (χ1) is 4.45. The van der Waals surface area contributed by atoms with Crippen LogP contribution in [0.5, 0.6) is 0 Å². The molecule has 1 unspecified atom stereocenters. The third-order valence-electron chi connectivity index (χ3n) is 1.36. The van der Waals surface area contributed by atoms with Crippen LogP contribution in [0.15, 0.2) is 12.7 Å². The number of carbonyl (C=O) groups excluding carboxylic acids is 1. The number of primary amides is 1. The molecule has 0 radical (unpaired) electrons. The SMILES string of the molecule is C=CC(C)(C(N)=O)C(=O)O. The second kappa shape index (κ2) is 2.51.